The third-order valence-electron chi connectivity index (χ3n) is 5.06. The minimum atomic E-state index is -3.72. The molecule has 0 saturated heterocycles. The molecule has 0 fully saturated rings. The molecule has 9 heteroatoms. The van der Waals surface area contributed by atoms with Gasteiger partial charge in [-0.15, -0.1) is 0 Å². The molecule has 0 bridgehead atoms. The van der Waals surface area contributed by atoms with Crippen LogP contribution in [0.2, 0.25) is 0 Å². The minimum absolute atomic E-state index is 0.0703. The van der Waals surface area contributed by atoms with Crippen LogP contribution >= 0.6 is 0 Å². The zero-order chi connectivity index (χ0) is 22.8. The molecule has 0 aromatic heterocycles. The number of carbonyl (C=O) groups is 1. The number of sulfonamides is 1. The first-order chi connectivity index (χ1) is 14.6. The molecule has 1 heterocycles. The van der Waals surface area contributed by atoms with Crippen molar-refractivity contribution in [3.8, 4) is 17.2 Å². The van der Waals surface area contributed by atoms with Gasteiger partial charge < -0.3 is 19.1 Å². The normalized spacial score (nSPS) is 15.5. The zero-order valence-electron chi connectivity index (χ0n) is 18.4. The highest BCUT2D eigenvalue weighted by atomic mass is 32.2. The molecule has 2 aromatic carbocycles. The maximum atomic E-state index is 12.9. The lowest BCUT2D eigenvalue weighted by Gasteiger charge is -2.27. The second-order valence-electron chi connectivity index (χ2n) is 7.95. The van der Waals surface area contributed by atoms with Gasteiger partial charge in [0.2, 0.25) is 15.9 Å². The fourth-order valence-corrected chi connectivity index (χ4v) is 4.60. The SMILES string of the molecule is CCN1C(=O)C(C)(C)COc2ccc(NS(=O)(=O)Cc3ccc(OC)c(OC)c3)cc21. The van der Waals surface area contributed by atoms with E-state index >= 15 is 0 Å². The molecule has 0 saturated carbocycles. The Bertz CT molecular complexity index is 1080. The molecular weight excluding hydrogens is 420 g/mol. The van der Waals surface area contributed by atoms with Crippen molar-refractivity contribution < 1.29 is 27.4 Å². The van der Waals surface area contributed by atoms with E-state index < -0.39 is 15.4 Å². The summed E-state index contributed by atoms with van der Waals surface area (Å²) in [5.74, 6) is 1.21. The highest BCUT2D eigenvalue weighted by Gasteiger charge is 2.37. The highest BCUT2D eigenvalue weighted by Crippen LogP contribution is 2.38. The van der Waals surface area contributed by atoms with Crippen molar-refractivity contribution in [3.63, 3.8) is 0 Å². The first-order valence-electron chi connectivity index (χ1n) is 9.90. The number of nitrogens with one attached hydrogen (secondary N) is 1. The lowest BCUT2D eigenvalue weighted by atomic mass is 9.93. The van der Waals surface area contributed by atoms with Crippen LogP contribution in [0.4, 0.5) is 11.4 Å². The smallest absolute Gasteiger partial charge is 0.236 e. The molecule has 0 spiro atoms. The van der Waals surface area contributed by atoms with Gasteiger partial charge in [-0.3, -0.25) is 9.52 Å². The highest BCUT2D eigenvalue weighted by molar-refractivity contribution is 7.91. The van der Waals surface area contributed by atoms with E-state index in [0.29, 0.717) is 40.7 Å². The quantitative estimate of drug-likeness (QED) is 0.698. The van der Waals surface area contributed by atoms with Crippen LogP contribution < -0.4 is 23.8 Å². The van der Waals surface area contributed by atoms with E-state index in [1.54, 1.807) is 41.3 Å². The number of nitrogens with zero attached hydrogens (tertiary/aromatic N) is 1. The minimum Gasteiger partial charge on any atom is -0.493 e. The number of amides is 1. The first kappa shape index (κ1) is 22.7. The second-order valence-corrected chi connectivity index (χ2v) is 9.68. The van der Waals surface area contributed by atoms with Gasteiger partial charge >= 0.3 is 0 Å². The van der Waals surface area contributed by atoms with Crippen LogP contribution in [-0.2, 0) is 20.6 Å². The van der Waals surface area contributed by atoms with E-state index in [-0.39, 0.29) is 18.3 Å². The van der Waals surface area contributed by atoms with Crippen LogP contribution in [0.3, 0.4) is 0 Å². The topological polar surface area (TPSA) is 94.2 Å². The molecule has 168 valence electrons. The number of fused-ring (bicyclic) bond motifs is 1. The Hall–Kier alpha value is -2.94. The van der Waals surface area contributed by atoms with Gasteiger partial charge in [0.05, 0.1) is 36.8 Å². The van der Waals surface area contributed by atoms with Crippen molar-refractivity contribution in [1.29, 1.82) is 0 Å². The van der Waals surface area contributed by atoms with Gasteiger partial charge in [-0.2, -0.15) is 0 Å². The molecule has 31 heavy (non-hydrogen) atoms. The van der Waals surface area contributed by atoms with Gasteiger partial charge in [-0.1, -0.05) is 6.07 Å². The third kappa shape index (κ3) is 4.87. The van der Waals surface area contributed by atoms with Crippen molar-refractivity contribution in [2.45, 2.75) is 26.5 Å². The van der Waals surface area contributed by atoms with Crippen LogP contribution in [-0.4, -0.2) is 41.7 Å². The molecule has 1 amide bonds. The maximum Gasteiger partial charge on any atom is 0.236 e. The van der Waals surface area contributed by atoms with Crippen LogP contribution in [0.5, 0.6) is 17.2 Å². The number of hydrogen-bond acceptors (Lipinski definition) is 6. The van der Waals surface area contributed by atoms with E-state index in [0.717, 1.165) is 0 Å². The largest absolute Gasteiger partial charge is 0.493 e. The monoisotopic (exact) mass is 448 g/mol. The van der Waals surface area contributed by atoms with Crippen LogP contribution in [0.15, 0.2) is 36.4 Å². The van der Waals surface area contributed by atoms with Gasteiger partial charge in [-0.25, -0.2) is 8.42 Å². The maximum absolute atomic E-state index is 12.9. The van der Waals surface area contributed by atoms with Crippen molar-refractivity contribution in [2.75, 3.05) is 37.0 Å². The summed E-state index contributed by atoms with van der Waals surface area (Å²) in [7, 11) is -0.708. The fraction of sp³-hybridized carbons (Fsp3) is 0.409. The van der Waals surface area contributed by atoms with Gasteiger partial charge in [0.25, 0.3) is 0 Å². The third-order valence-corrected chi connectivity index (χ3v) is 6.32. The van der Waals surface area contributed by atoms with E-state index in [4.69, 9.17) is 14.2 Å². The average Bonchev–Trinajstić information content (AvgIpc) is 2.81. The number of benzene rings is 2. The number of rotatable bonds is 7. The predicted molar refractivity (Wildman–Crippen MR) is 120 cm³/mol. The molecule has 3 rings (SSSR count). The summed E-state index contributed by atoms with van der Waals surface area (Å²) >= 11 is 0. The molecule has 1 aliphatic rings. The summed E-state index contributed by atoms with van der Waals surface area (Å²) in [6, 6.07) is 9.90. The van der Waals surface area contributed by atoms with Gasteiger partial charge in [0.15, 0.2) is 11.5 Å². The number of anilines is 2. The summed E-state index contributed by atoms with van der Waals surface area (Å²) in [5, 5.41) is 0. The molecule has 0 unspecified atom stereocenters. The van der Waals surface area contributed by atoms with Gasteiger partial charge in [0, 0.05) is 6.54 Å². The number of ether oxygens (including phenoxy) is 3. The van der Waals surface area contributed by atoms with E-state index in [1.807, 2.05) is 20.8 Å². The van der Waals surface area contributed by atoms with Crippen LogP contribution in [0.25, 0.3) is 0 Å². The predicted octanol–water partition coefficient (Wildman–Crippen LogP) is 3.42. The summed E-state index contributed by atoms with van der Waals surface area (Å²) < 4.78 is 44.4. The van der Waals surface area contributed by atoms with Gasteiger partial charge in [-0.05, 0) is 56.7 Å². The molecule has 0 radical (unpaired) electrons. The van der Waals surface area contributed by atoms with Crippen molar-refractivity contribution in [1.82, 2.24) is 0 Å². The lowest BCUT2D eigenvalue weighted by molar-refractivity contribution is -0.127. The van der Waals surface area contributed by atoms with E-state index in [2.05, 4.69) is 4.72 Å². The molecule has 1 N–H and O–H groups in total. The molecule has 8 nitrogen and oxygen atoms in total. The van der Waals surface area contributed by atoms with Crippen LogP contribution in [0, 0.1) is 5.41 Å². The summed E-state index contributed by atoms with van der Waals surface area (Å²) in [6.45, 7) is 6.23. The molecule has 2 aromatic rings. The van der Waals surface area contributed by atoms with Gasteiger partial charge in [0.1, 0.15) is 12.4 Å². The van der Waals surface area contributed by atoms with Crippen molar-refractivity contribution >= 4 is 27.3 Å². The fourth-order valence-electron chi connectivity index (χ4n) is 3.43. The van der Waals surface area contributed by atoms with Crippen molar-refractivity contribution in [3.05, 3.63) is 42.0 Å². The average molecular weight is 449 g/mol. The Balaban J connectivity index is 1.86. The zero-order valence-corrected chi connectivity index (χ0v) is 19.2. The molecular formula is C22H28N2O6S. The lowest BCUT2D eigenvalue weighted by Crippen LogP contribution is -2.42. The first-order valence-corrected chi connectivity index (χ1v) is 11.6. The molecule has 0 atom stereocenters. The Morgan fingerprint density at radius 3 is 2.45 bits per heavy atom. The summed E-state index contributed by atoms with van der Waals surface area (Å²) in [5.41, 5.74) is 0.774. The second kappa shape index (κ2) is 8.66. The standard InChI is InChI=1S/C22H28N2O6S/c1-6-24-17-12-16(8-10-18(17)30-14-22(2,3)21(24)25)23-31(26,27)13-15-7-9-19(28-4)20(11-15)29-5/h7-12,23H,6,13-14H2,1-5H3. The number of methoxy groups -OCH3 is 2. The Morgan fingerprint density at radius 1 is 1.10 bits per heavy atom. The van der Waals surface area contributed by atoms with E-state index in [1.165, 1.54) is 14.2 Å². The number of carbonyl (C=O) groups excluding carboxylic acids is 1. The Morgan fingerprint density at radius 2 is 1.81 bits per heavy atom. The molecule has 1 aliphatic heterocycles. The number of hydrogen-bond donors (Lipinski definition) is 1. The Kier molecular flexibility index (Phi) is 6.35. The molecule has 0 aliphatic carbocycles. The summed E-state index contributed by atoms with van der Waals surface area (Å²) in [4.78, 5) is 14.5. The van der Waals surface area contributed by atoms with E-state index in [9.17, 15) is 13.2 Å². The van der Waals surface area contributed by atoms with Crippen molar-refractivity contribution in [2.24, 2.45) is 5.41 Å². The van der Waals surface area contributed by atoms with Crippen LogP contribution in [0.1, 0.15) is 26.3 Å². The Labute approximate surface area is 183 Å². The summed E-state index contributed by atoms with van der Waals surface area (Å²) in [6.07, 6.45) is 0.